The summed E-state index contributed by atoms with van der Waals surface area (Å²) in [5.41, 5.74) is 5.28. The van der Waals surface area contributed by atoms with E-state index in [1.807, 2.05) is 43.3 Å². The van der Waals surface area contributed by atoms with Crippen LogP contribution in [0.5, 0.6) is 5.75 Å². The van der Waals surface area contributed by atoms with Crippen molar-refractivity contribution in [1.29, 1.82) is 0 Å². The zero-order valence-corrected chi connectivity index (χ0v) is 17.7. The monoisotopic (exact) mass is 408 g/mol. The highest BCUT2D eigenvalue weighted by Crippen LogP contribution is 2.20. The Hall–Kier alpha value is -3.35. The molecule has 1 aliphatic heterocycles. The first-order valence-electron chi connectivity index (χ1n) is 10.0. The largest absolute Gasteiger partial charge is 0.497 e. The van der Waals surface area contributed by atoms with Crippen LogP contribution in [0.25, 0.3) is 0 Å². The van der Waals surface area contributed by atoms with Gasteiger partial charge < -0.3 is 14.5 Å². The van der Waals surface area contributed by atoms with Gasteiger partial charge in [0, 0.05) is 44.4 Å². The molecule has 1 fully saturated rings. The van der Waals surface area contributed by atoms with E-state index in [0.29, 0.717) is 31.5 Å². The Morgan fingerprint density at radius 3 is 2.27 bits per heavy atom. The van der Waals surface area contributed by atoms with Crippen molar-refractivity contribution in [3.63, 3.8) is 0 Å². The maximum absolute atomic E-state index is 12.6. The number of methoxy groups -OCH3 is 1. The zero-order valence-electron chi connectivity index (χ0n) is 17.7. The standard InChI is InChI=1S/C23H28N4O3/c1-26(2)20-8-4-17(5-9-20)16-24-25-22(28)18-12-14-27(15-13-18)23(29)19-6-10-21(30-3)11-7-19/h4-11,16,18H,12-15H2,1-3H3,(H,25,28). The Morgan fingerprint density at radius 2 is 1.70 bits per heavy atom. The highest BCUT2D eigenvalue weighted by Gasteiger charge is 2.27. The molecule has 30 heavy (non-hydrogen) atoms. The average molecular weight is 409 g/mol. The molecular weight excluding hydrogens is 380 g/mol. The number of anilines is 1. The summed E-state index contributed by atoms with van der Waals surface area (Å²) in [6, 6.07) is 15.0. The molecule has 158 valence electrons. The maximum atomic E-state index is 12.6. The van der Waals surface area contributed by atoms with Crippen LogP contribution < -0.4 is 15.1 Å². The molecule has 0 saturated carbocycles. The Labute approximate surface area is 177 Å². The van der Waals surface area contributed by atoms with Gasteiger partial charge in [0.05, 0.1) is 13.3 Å². The topological polar surface area (TPSA) is 74.2 Å². The fraction of sp³-hybridized carbons (Fsp3) is 0.348. The number of hydrogen-bond acceptors (Lipinski definition) is 5. The molecule has 0 spiro atoms. The predicted octanol–water partition coefficient (Wildman–Crippen LogP) is 2.76. The lowest BCUT2D eigenvalue weighted by atomic mass is 9.95. The number of carbonyl (C=O) groups is 2. The number of likely N-dealkylation sites (tertiary alicyclic amines) is 1. The first-order chi connectivity index (χ1) is 14.5. The van der Waals surface area contributed by atoms with Crippen molar-refractivity contribution in [3.05, 3.63) is 59.7 Å². The van der Waals surface area contributed by atoms with Crippen LogP contribution >= 0.6 is 0 Å². The second-order valence-corrected chi connectivity index (χ2v) is 7.52. The van der Waals surface area contributed by atoms with E-state index in [-0.39, 0.29) is 17.7 Å². The number of rotatable bonds is 6. The average Bonchev–Trinajstić information content (AvgIpc) is 2.79. The van der Waals surface area contributed by atoms with E-state index in [4.69, 9.17) is 4.74 Å². The number of hydrazone groups is 1. The molecule has 0 aliphatic carbocycles. The van der Waals surface area contributed by atoms with Gasteiger partial charge in [0.2, 0.25) is 5.91 Å². The van der Waals surface area contributed by atoms with Crippen LogP contribution in [0.4, 0.5) is 5.69 Å². The van der Waals surface area contributed by atoms with Crippen LogP contribution in [-0.2, 0) is 4.79 Å². The second kappa shape index (κ2) is 9.91. The van der Waals surface area contributed by atoms with Crippen LogP contribution in [0.2, 0.25) is 0 Å². The minimum atomic E-state index is -0.141. The SMILES string of the molecule is COc1ccc(C(=O)N2CCC(C(=O)NN=Cc3ccc(N(C)C)cc3)CC2)cc1. The summed E-state index contributed by atoms with van der Waals surface area (Å²) in [7, 11) is 5.57. The molecule has 2 aromatic rings. The van der Waals surface area contributed by atoms with Crippen molar-refractivity contribution in [2.45, 2.75) is 12.8 Å². The highest BCUT2D eigenvalue weighted by atomic mass is 16.5. The lowest BCUT2D eigenvalue weighted by Gasteiger charge is -2.31. The van der Waals surface area contributed by atoms with E-state index in [1.165, 1.54) is 0 Å². The minimum Gasteiger partial charge on any atom is -0.497 e. The molecule has 0 atom stereocenters. The number of hydrogen-bond donors (Lipinski definition) is 1. The number of nitrogens with one attached hydrogen (secondary N) is 1. The fourth-order valence-electron chi connectivity index (χ4n) is 3.38. The first-order valence-corrected chi connectivity index (χ1v) is 10.0. The van der Waals surface area contributed by atoms with Crippen LogP contribution in [0, 0.1) is 5.92 Å². The lowest BCUT2D eigenvalue weighted by molar-refractivity contribution is -0.126. The van der Waals surface area contributed by atoms with Gasteiger partial charge in [0.1, 0.15) is 5.75 Å². The molecule has 3 rings (SSSR count). The van der Waals surface area contributed by atoms with Crippen molar-refractivity contribution in [3.8, 4) is 5.75 Å². The number of piperidine rings is 1. The molecule has 1 N–H and O–H groups in total. The van der Waals surface area contributed by atoms with Gasteiger partial charge in [0.15, 0.2) is 0 Å². The third-order valence-electron chi connectivity index (χ3n) is 5.29. The molecule has 7 heteroatoms. The molecule has 0 unspecified atom stereocenters. The molecule has 2 amide bonds. The number of carbonyl (C=O) groups excluding carboxylic acids is 2. The number of amides is 2. The van der Waals surface area contributed by atoms with E-state index in [1.54, 1.807) is 42.5 Å². The van der Waals surface area contributed by atoms with Crippen LogP contribution in [0.15, 0.2) is 53.6 Å². The molecule has 1 aliphatic rings. The summed E-state index contributed by atoms with van der Waals surface area (Å²) >= 11 is 0. The van der Waals surface area contributed by atoms with Gasteiger partial charge in [-0.25, -0.2) is 5.43 Å². The molecule has 7 nitrogen and oxygen atoms in total. The molecule has 1 heterocycles. The molecule has 0 radical (unpaired) electrons. The number of benzene rings is 2. The zero-order chi connectivity index (χ0) is 21.5. The van der Waals surface area contributed by atoms with Gasteiger partial charge >= 0.3 is 0 Å². The minimum absolute atomic E-state index is 0.0179. The van der Waals surface area contributed by atoms with Gasteiger partial charge in [-0.3, -0.25) is 9.59 Å². The Bertz CT molecular complexity index is 884. The number of ether oxygens (including phenoxy) is 1. The van der Waals surface area contributed by atoms with E-state index >= 15 is 0 Å². The Kier molecular flexibility index (Phi) is 7.06. The van der Waals surface area contributed by atoms with Crippen molar-refractivity contribution < 1.29 is 14.3 Å². The quantitative estimate of drug-likeness (QED) is 0.589. The van der Waals surface area contributed by atoms with Crippen molar-refractivity contribution in [2.24, 2.45) is 11.0 Å². The summed E-state index contributed by atoms with van der Waals surface area (Å²) in [6.45, 7) is 1.11. The number of nitrogens with zero attached hydrogens (tertiary/aromatic N) is 3. The highest BCUT2D eigenvalue weighted by molar-refractivity contribution is 5.94. The summed E-state index contributed by atoms with van der Waals surface area (Å²) in [5.74, 6) is 0.456. The lowest BCUT2D eigenvalue weighted by Crippen LogP contribution is -2.42. The summed E-state index contributed by atoms with van der Waals surface area (Å²) < 4.78 is 5.13. The van der Waals surface area contributed by atoms with Gasteiger partial charge in [-0.1, -0.05) is 12.1 Å². The Balaban J connectivity index is 1.47. The molecular formula is C23H28N4O3. The van der Waals surface area contributed by atoms with Crippen LogP contribution in [-0.4, -0.2) is 57.2 Å². The third-order valence-corrected chi connectivity index (χ3v) is 5.29. The third kappa shape index (κ3) is 5.37. The van der Waals surface area contributed by atoms with Crippen molar-refractivity contribution in [1.82, 2.24) is 10.3 Å². The van der Waals surface area contributed by atoms with Gasteiger partial charge in [-0.15, -0.1) is 0 Å². The molecule has 0 aromatic heterocycles. The van der Waals surface area contributed by atoms with Crippen molar-refractivity contribution >= 4 is 23.7 Å². The van der Waals surface area contributed by atoms with Crippen LogP contribution in [0.3, 0.4) is 0 Å². The maximum Gasteiger partial charge on any atom is 0.253 e. The Morgan fingerprint density at radius 1 is 1.07 bits per heavy atom. The van der Waals surface area contributed by atoms with Crippen LogP contribution in [0.1, 0.15) is 28.8 Å². The first kappa shape index (κ1) is 21.4. The molecule has 2 aromatic carbocycles. The summed E-state index contributed by atoms with van der Waals surface area (Å²) in [5, 5.41) is 4.08. The van der Waals surface area contributed by atoms with E-state index < -0.39 is 0 Å². The van der Waals surface area contributed by atoms with Gasteiger partial charge in [-0.2, -0.15) is 5.10 Å². The van der Waals surface area contributed by atoms with Crippen molar-refractivity contribution in [2.75, 3.05) is 39.2 Å². The van der Waals surface area contributed by atoms with E-state index in [0.717, 1.165) is 17.0 Å². The second-order valence-electron chi connectivity index (χ2n) is 7.52. The van der Waals surface area contributed by atoms with Gasteiger partial charge in [0.25, 0.3) is 5.91 Å². The molecule has 0 bridgehead atoms. The summed E-state index contributed by atoms with van der Waals surface area (Å²) in [4.78, 5) is 28.8. The molecule has 1 saturated heterocycles. The van der Waals surface area contributed by atoms with E-state index in [2.05, 4.69) is 10.5 Å². The summed E-state index contributed by atoms with van der Waals surface area (Å²) in [6.07, 6.45) is 2.89. The van der Waals surface area contributed by atoms with Gasteiger partial charge in [-0.05, 0) is 54.8 Å². The smallest absolute Gasteiger partial charge is 0.253 e. The normalized spacial score (nSPS) is 14.6. The van der Waals surface area contributed by atoms with E-state index in [9.17, 15) is 9.59 Å². The predicted molar refractivity (Wildman–Crippen MR) is 118 cm³/mol. The fourth-order valence-corrected chi connectivity index (χ4v) is 3.38.